The molecule has 7 heteroatoms. The molecule has 1 saturated heterocycles. The summed E-state index contributed by atoms with van der Waals surface area (Å²) in [7, 11) is -3.74. The van der Waals surface area contributed by atoms with Gasteiger partial charge in [0.1, 0.15) is 5.82 Å². The summed E-state index contributed by atoms with van der Waals surface area (Å²) in [6.07, 6.45) is 0.160. The SMILES string of the molecule is CC1CN(c2ccc(NS(=O)(=O)c3ccc(F)cc3)cc2)C(C)CO1. The first-order chi connectivity index (χ1) is 11.8. The van der Waals surface area contributed by atoms with Gasteiger partial charge >= 0.3 is 0 Å². The van der Waals surface area contributed by atoms with Crippen molar-refractivity contribution < 1.29 is 17.5 Å². The maximum Gasteiger partial charge on any atom is 0.261 e. The van der Waals surface area contributed by atoms with E-state index in [1.807, 2.05) is 19.1 Å². The van der Waals surface area contributed by atoms with Crippen LogP contribution in [0.25, 0.3) is 0 Å². The van der Waals surface area contributed by atoms with E-state index in [9.17, 15) is 12.8 Å². The van der Waals surface area contributed by atoms with Gasteiger partial charge in [-0.2, -0.15) is 0 Å². The predicted octanol–water partition coefficient (Wildman–Crippen LogP) is 3.24. The van der Waals surface area contributed by atoms with Crippen LogP contribution in [0.15, 0.2) is 53.4 Å². The Labute approximate surface area is 147 Å². The van der Waals surface area contributed by atoms with Crippen LogP contribution in [0.1, 0.15) is 13.8 Å². The smallest absolute Gasteiger partial charge is 0.261 e. The van der Waals surface area contributed by atoms with E-state index in [-0.39, 0.29) is 17.0 Å². The zero-order chi connectivity index (χ0) is 18.0. The largest absolute Gasteiger partial charge is 0.375 e. The van der Waals surface area contributed by atoms with Crippen molar-refractivity contribution >= 4 is 21.4 Å². The van der Waals surface area contributed by atoms with Crippen molar-refractivity contribution in [3.8, 4) is 0 Å². The normalized spacial score (nSPS) is 21.2. The van der Waals surface area contributed by atoms with Crippen LogP contribution in [0.5, 0.6) is 0 Å². The summed E-state index contributed by atoms with van der Waals surface area (Å²) in [5, 5.41) is 0. The van der Waals surface area contributed by atoms with E-state index in [2.05, 4.69) is 16.5 Å². The van der Waals surface area contributed by atoms with Crippen LogP contribution in [0.3, 0.4) is 0 Å². The molecule has 0 aromatic heterocycles. The first-order valence-electron chi connectivity index (χ1n) is 8.12. The summed E-state index contributed by atoms with van der Waals surface area (Å²) < 4.78 is 45.8. The number of anilines is 2. The van der Waals surface area contributed by atoms with Crippen LogP contribution in [0, 0.1) is 5.82 Å². The molecule has 2 aromatic rings. The molecule has 2 atom stereocenters. The maximum absolute atomic E-state index is 13.0. The summed E-state index contributed by atoms with van der Waals surface area (Å²) >= 11 is 0. The van der Waals surface area contributed by atoms with Gasteiger partial charge in [-0.05, 0) is 62.4 Å². The Morgan fingerprint density at radius 1 is 1.08 bits per heavy atom. The molecule has 3 rings (SSSR count). The summed E-state index contributed by atoms with van der Waals surface area (Å²) in [5.74, 6) is -0.475. The fraction of sp³-hybridized carbons (Fsp3) is 0.333. The Morgan fingerprint density at radius 2 is 1.72 bits per heavy atom. The zero-order valence-corrected chi connectivity index (χ0v) is 15.0. The number of ether oxygens (including phenoxy) is 1. The molecule has 1 heterocycles. The standard InChI is InChI=1S/C18H21FN2O3S/c1-13-12-24-14(2)11-21(13)17-7-5-16(6-8-17)20-25(22,23)18-9-3-15(19)4-10-18/h3-10,13-14,20H,11-12H2,1-2H3. The lowest BCUT2D eigenvalue weighted by Gasteiger charge is -2.38. The van der Waals surface area contributed by atoms with Gasteiger partial charge in [0.25, 0.3) is 10.0 Å². The van der Waals surface area contributed by atoms with Crippen LogP contribution in [-0.4, -0.2) is 33.7 Å². The minimum atomic E-state index is -3.74. The molecule has 2 aromatic carbocycles. The molecule has 134 valence electrons. The lowest BCUT2D eigenvalue weighted by molar-refractivity contribution is 0.0344. The number of hydrogen-bond donors (Lipinski definition) is 1. The Bertz CT molecular complexity index is 822. The molecule has 1 fully saturated rings. The number of benzene rings is 2. The molecule has 25 heavy (non-hydrogen) atoms. The highest BCUT2D eigenvalue weighted by molar-refractivity contribution is 7.92. The third-order valence-corrected chi connectivity index (χ3v) is 5.58. The van der Waals surface area contributed by atoms with Crippen molar-refractivity contribution in [2.75, 3.05) is 22.8 Å². The van der Waals surface area contributed by atoms with E-state index in [4.69, 9.17) is 4.74 Å². The van der Waals surface area contributed by atoms with Gasteiger partial charge < -0.3 is 9.64 Å². The van der Waals surface area contributed by atoms with Crippen LogP contribution in [-0.2, 0) is 14.8 Å². The lowest BCUT2D eigenvalue weighted by Crippen LogP contribution is -2.47. The number of nitrogens with one attached hydrogen (secondary N) is 1. The minimum absolute atomic E-state index is 0.0219. The second-order valence-electron chi connectivity index (χ2n) is 6.25. The number of hydrogen-bond acceptors (Lipinski definition) is 4. The van der Waals surface area contributed by atoms with Gasteiger partial charge in [0.2, 0.25) is 0 Å². The average Bonchev–Trinajstić information content (AvgIpc) is 2.58. The average molecular weight is 364 g/mol. The van der Waals surface area contributed by atoms with E-state index >= 15 is 0 Å². The van der Waals surface area contributed by atoms with Gasteiger partial charge in [0.05, 0.1) is 17.6 Å². The fourth-order valence-corrected chi connectivity index (χ4v) is 3.87. The number of morpholine rings is 1. The monoisotopic (exact) mass is 364 g/mol. The Morgan fingerprint density at radius 3 is 2.36 bits per heavy atom. The Kier molecular flexibility index (Phi) is 4.96. The van der Waals surface area contributed by atoms with Gasteiger partial charge in [-0.1, -0.05) is 0 Å². The second kappa shape index (κ2) is 7.01. The molecule has 0 aliphatic carbocycles. The number of nitrogens with zero attached hydrogens (tertiary/aromatic N) is 1. The highest BCUT2D eigenvalue weighted by Crippen LogP contribution is 2.24. The fourth-order valence-electron chi connectivity index (χ4n) is 2.81. The van der Waals surface area contributed by atoms with E-state index in [1.165, 1.54) is 12.1 Å². The van der Waals surface area contributed by atoms with Gasteiger partial charge in [-0.15, -0.1) is 0 Å². The molecule has 2 unspecified atom stereocenters. The minimum Gasteiger partial charge on any atom is -0.375 e. The van der Waals surface area contributed by atoms with Gasteiger partial charge in [-0.25, -0.2) is 12.8 Å². The van der Waals surface area contributed by atoms with Crippen LogP contribution in [0.2, 0.25) is 0 Å². The third-order valence-electron chi connectivity index (χ3n) is 4.18. The quantitative estimate of drug-likeness (QED) is 0.905. The second-order valence-corrected chi connectivity index (χ2v) is 7.93. The molecule has 5 nitrogen and oxygen atoms in total. The summed E-state index contributed by atoms with van der Waals surface area (Å²) in [4.78, 5) is 2.26. The summed E-state index contributed by atoms with van der Waals surface area (Å²) in [6.45, 7) is 5.59. The topological polar surface area (TPSA) is 58.6 Å². The first kappa shape index (κ1) is 17.7. The first-order valence-corrected chi connectivity index (χ1v) is 9.60. The van der Waals surface area contributed by atoms with E-state index in [0.29, 0.717) is 12.3 Å². The number of halogens is 1. The molecule has 1 aliphatic heterocycles. The summed E-state index contributed by atoms with van der Waals surface area (Å²) in [5.41, 5.74) is 1.48. The highest BCUT2D eigenvalue weighted by Gasteiger charge is 2.23. The molecule has 0 radical (unpaired) electrons. The molecular formula is C18H21FN2O3S. The van der Waals surface area contributed by atoms with Crippen LogP contribution >= 0.6 is 0 Å². The van der Waals surface area contributed by atoms with Crippen molar-refractivity contribution in [1.82, 2.24) is 0 Å². The molecule has 1 N–H and O–H groups in total. The molecule has 0 bridgehead atoms. The van der Waals surface area contributed by atoms with Crippen molar-refractivity contribution in [1.29, 1.82) is 0 Å². The Hall–Kier alpha value is -2.12. The zero-order valence-electron chi connectivity index (χ0n) is 14.1. The van der Waals surface area contributed by atoms with Gasteiger partial charge in [-0.3, -0.25) is 4.72 Å². The number of sulfonamides is 1. The van der Waals surface area contributed by atoms with E-state index in [0.717, 1.165) is 24.4 Å². The molecular weight excluding hydrogens is 343 g/mol. The molecule has 1 aliphatic rings. The van der Waals surface area contributed by atoms with Crippen molar-refractivity contribution in [2.45, 2.75) is 30.9 Å². The van der Waals surface area contributed by atoms with Crippen LogP contribution < -0.4 is 9.62 Å². The number of rotatable bonds is 4. The highest BCUT2D eigenvalue weighted by atomic mass is 32.2. The maximum atomic E-state index is 13.0. The lowest BCUT2D eigenvalue weighted by atomic mass is 10.1. The summed E-state index contributed by atoms with van der Waals surface area (Å²) in [6, 6.07) is 12.2. The molecule has 0 amide bonds. The van der Waals surface area contributed by atoms with Crippen LogP contribution in [0.4, 0.5) is 15.8 Å². The van der Waals surface area contributed by atoms with E-state index < -0.39 is 15.8 Å². The molecule has 0 spiro atoms. The third kappa shape index (κ3) is 4.11. The van der Waals surface area contributed by atoms with Crippen molar-refractivity contribution in [3.63, 3.8) is 0 Å². The Balaban J connectivity index is 1.75. The van der Waals surface area contributed by atoms with Gasteiger partial charge in [0.15, 0.2) is 0 Å². The van der Waals surface area contributed by atoms with Crippen molar-refractivity contribution in [3.05, 3.63) is 54.3 Å². The predicted molar refractivity (Wildman–Crippen MR) is 95.9 cm³/mol. The molecule has 0 saturated carbocycles. The van der Waals surface area contributed by atoms with Gasteiger partial charge in [0, 0.05) is 24.0 Å². The van der Waals surface area contributed by atoms with Crippen molar-refractivity contribution in [2.24, 2.45) is 0 Å². The van der Waals surface area contributed by atoms with E-state index in [1.54, 1.807) is 12.1 Å².